The lowest BCUT2D eigenvalue weighted by Gasteiger charge is -2.11. The zero-order chi connectivity index (χ0) is 19.8. The third kappa shape index (κ3) is 5.06. The summed E-state index contributed by atoms with van der Waals surface area (Å²) >= 11 is 1.55. The van der Waals surface area contributed by atoms with Crippen LogP contribution in [0.1, 0.15) is 16.1 Å². The van der Waals surface area contributed by atoms with E-state index in [1.807, 2.05) is 35.7 Å². The van der Waals surface area contributed by atoms with E-state index >= 15 is 0 Å². The summed E-state index contributed by atoms with van der Waals surface area (Å²) in [5.41, 5.74) is 2.33. The number of ether oxygens (including phenoxy) is 3. The van der Waals surface area contributed by atoms with Crippen molar-refractivity contribution in [3.05, 3.63) is 71.2 Å². The van der Waals surface area contributed by atoms with Crippen LogP contribution in [0.2, 0.25) is 0 Å². The third-order valence-electron chi connectivity index (χ3n) is 3.94. The summed E-state index contributed by atoms with van der Waals surface area (Å²) in [6.45, 7) is 0.888. The molecule has 6 heteroatoms. The molecular weight excluding hydrogens is 374 g/mol. The standard InChI is InChI=1S/C22H21NO4S/c1-25-12-13-27-20-11-8-17(14-21(20)26-2)19(24)10-9-18-15-28-22(23-18)16-6-4-3-5-7-16/h3-11,14-15H,12-13H2,1-2H3/b10-9+. The Morgan fingerprint density at radius 1 is 1.07 bits per heavy atom. The molecule has 3 aromatic rings. The highest BCUT2D eigenvalue weighted by atomic mass is 32.1. The minimum absolute atomic E-state index is 0.129. The molecule has 0 saturated heterocycles. The molecule has 1 aromatic heterocycles. The molecule has 0 aliphatic heterocycles. The van der Waals surface area contributed by atoms with Crippen LogP contribution in [0.25, 0.3) is 16.6 Å². The van der Waals surface area contributed by atoms with Gasteiger partial charge >= 0.3 is 0 Å². The van der Waals surface area contributed by atoms with Crippen molar-refractivity contribution in [2.24, 2.45) is 0 Å². The van der Waals surface area contributed by atoms with Crippen LogP contribution >= 0.6 is 11.3 Å². The third-order valence-corrected chi connectivity index (χ3v) is 4.85. The van der Waals surface area contributed by atoms with Gasteiger partial charge in [-0.05, 0) is 30.4 Å². The first-order valence-corrected chi connectivity index (χ1v) is 9.62. The van der Waals surface area contributed by atoms with Gasteiger partial charge in [-0.25, -0.2) is 4.98 Å². The van der Waals surface area contributed by atoms with Crippen LogP contribution in [0.5, 0.6) is 11.5 Å². The highest BCUT2D eigenvalue weighted by Crippen LogP contribution is 2.28. The fraction of sp³-hybridized carbons (Fsp3) is 0.182. The predicted molar refractivity (Wildman–Crippen MR) is 111 cm³/mol. The van der Waals surface area contributed by atoms with E-state index in [4.69, 9.17) is 14.2 Å². The predicted octanol–water partition coefficient (Wildman–Crippen LogP) is 4.74. The zero-order valence-electron chi connectivity index (χ0n) is 15.8. The highest BCUT2D eigenvalue weighted by Gasteiger charge is 2.10. The fourth-order valence-corrected chi connectivity index (χ4v) is 3.30. The molecule has 0 spiro atoms. The molecule has 5 nitrogen and oxygen atoms in total. The lowest BCUT2D eigenvalue weighted by atomic mass is 10.1. The Labute approximate surface area is 168 Å². The molecule has 0 atom stereocenters. The molecule has 0 amide bonds. The summed E-state index contributed by atoms with van der Waals surface area (Å²) < 4.78 is 15.9. The van der Waals surface area contributed by atoms with E-state index in [2.05, 4.69) is 4.98 Å². The van der Waals surface area contributed by atoms with Gasteiger partial charge in [0, 0.05) is 23.6 Å². The summed E-state index contributed by atoms with van der Waals surface area (Å²) in [6, 6.07) is 15.1. The SMILES string of the molecule is COCCOc1ccc(C(=O)/C=C/c2csc(-c3ccccc3)n2)cc1OC. The Hall–Kier alpha value is -2.96. The fourth-order valence-electron chi connectivity index (χ4n) is 2.51. The number of methoxy groups -OCH3 is 2. The van der Waals surface area contributed by atoms with Crippen LogP contribution in [0.3, 0.4) is 0 Å². The Morgan fingerprint density at radius 2 is 1.89 bits per heavy atom. The molecule has 0 N–H and O–H groups in total. The van der Waals surface area contributed by atoms with Crippen LogP contribution in [0.15, 0.2) is 60.0 Å². The van der Waals surface area contributed by atoms with Gasteiger partial charge in [0.05, 0.1) is 19.4 Å². The van der Waals surface area contributed by atoms with E-state index in [0.29, 0.717) is 30.3 Å². The molecule has 0 fully saturated rings. The highest BCUT2D eigenvalue weighted by molar-refractivity contribution is 7.13. The molecule has 0 aliphatic carbocycles. The normalized spacial score (nSPS) is 10.9. The first kappa shape index (κ1) is 19.8. The lowest BCUT2D eigenvalue weighted by molar-refractivity contribution is 0.104. The van der Waals surface area contributed by atoms with Gasteiger partial charge in [0.25, 0.3) is 0 Å². The van der Waals surface area contributed by atoms with Crippen molar-refractivity contribution in [1.82, 2.24) is 4.98 Å². The summed E-state index contributed by atoms with van der Waals surface area (Å²) in [5, 5.41) is 2.85. The average molecular weight is 395 g/mol. The number of allylic oxidation sites excluding steroid dienone is 1. The Bertz CT molecular complexity index is 950. The first-order valence-electron chi connectivity index (χ1n) is 8.74. The summed E-state index contributed by atoms with van der Waals surface area (Å²) in [5.74, 6) is 0.957. The Kier molecular flexibility index (Phi) is 6.94. The van der Waals surface area contributed by atoms with E-state index in [9.17, 15) is 4.79 Å². The van der Waals surface area contributed by atoms with Gasteiger partial charge in [-0.3, -0.25) is 4.79 Å². The Balaban J connectivity index is 1.69. The molecule has 0 aliphatic rings. The van der Waals surface area contributed by atoms with Crippen molar-refractivity contribution in [3.63, 3.8) is 0 Å². The van der Waals surface area contributed by atoms with Crippen LogP contribution < -0.4 is 9.47 Å². The minimum Gasteiger partial charge on any atom is -0.493 e. The quantitative estimate of drug-likeness (QED) is 0.298. The van der Waals surface area contributed by atoms with Crippen LogP contribution in [0.4, 0.5) is 0 Å². The number of nitrogens with zero attached hydrogens (tertiary/aromatic N) is 1. The summed E-state index contributed by atoms with van der Waals surface area (Å²) in [6.07, 6.45) is 3.24. The van der Waals surface area contributed by atoms with Crippen molar-refractivity contribution in [2.75, 3.05) is 27.4 Å². The zero-order valence-corrected chi connectivity index (χ0v) is 16.6. The molecule has 2 aromatic carbocycles. The molecule has 1 heterocycles. The van der Waals surface area contributed by atoms with Gasteiger partial charge < -0.3 is 14.2 Å². The van der Waals surface area contributed by atoms with E-state index < -0.39 is 0 Å². The molecule has 0 radical (unpaired) electrons. The van der Waals surface area contributed by atoms with Gasteiger partial charge in [0.1, 0.15) is 11.6 Å². The molecule has 0 bridgehead atoms. The number of thiazole rings is 1. The number of hydrogen-bond donors (Lipinski definition) is 0. The number of benzene rings is 2. The van der Waals surface area contributed by atoms with Crippen LogP contribution in [-0.4, -0.2) is 38.2 Å². The maximum atomic E-state index is 12.5. The van der Waals surface area contributed by atoms with Crippen LogP contribution in [-0.2, 0) is 4.74 Å². The van der Waals surface area contributed by atoms with E-state index in [0.717, 1.165) is 16.3 Å². The number of carbonyl (C=O) groups excluding carboxylic acids is 1. The second kappa shape index (κ2) is 9.82. The molecule has 3 rings (SSSR count). The first-order chi connectivity index (χ1) is 13.7. The van der Waals surface area contributed by atoms with E-state index in [-0.39, 0.29) is 5.78 Å². The maximum Gasteiger partial charge on any atom is 0.186 e. The second-order valence-corrected chi connectivity index (χ2v) is 6.71. The van der Waals surface area contributed by atoms with Gasteiger partial charge in [0.15, 0.2) is 17.3 Å². The van der Waals surface area contributed by atoms with Gasteiger partial charge in [-0.2, -0.15) is 0 Å². The number of carbonyl (C=O) groups is 1. The number of aromatic nitrogens is 1. The van der Waals surface area contributed by atoms with Crippen LogP contribution in [0, 0.1) is 0 Å². The minimum atomic E-state index is -0.129. The van der Waals surface area contributed by atoms with Crippen molar-refractivity contribution < 1.29 is 19.0 Å². The molecule has 0 saturated carbocycles. The smallest absolute Gasteiger partial charge is 0.186 e. The summed E-state index contributed by atoms with van der Waals surface area (Å²) in [4.78, 5) is 17.1. The lowest BCUT2D eigenvalue weighted by Crippen LogP contribution is -2.06. The molecule has 28 heavy (non-hydrogen) atoms. The number of hydrogen-bond acceptors (Lipinski definition) is 6. The van der Waals surface area contributed by atoms with Crippen molar-refractivity contribution in [3.8, 4) is 22.1 Å². The summed E-state index contributed by atoms with van der Waals surface area (Å²) in [7, 11) is 3.16. The van der Waals surface area contributed by atoms with Gasteiger partial charge in [-0.15, -0.1) is 11.3 Å². The maximum absolute atomic E-state index is 12.5. The van der Waals surface area contributed by atoms with E-state index in [1.165, 1.54) is 6.08 Å². The van der Waals surface area contributed by atoms with Gasteiger partial charge in [0.2, 0.25) is 0 Å². The van der Waals surface area contributed by atoms with Crippen molar-refractivity contribution in [2.45, 2.75) is 0 Å². The molecule has 144 valence electrons. The Morgan fingerprint density at radius 3 is 2.64 bits per heavy atom. The molecular formula is C22H21NO4S. The second-order valence-electron chi connectivity index (χ2n) is 5.85. The monoisotopic (exact) mass is 395 g/mol. The number of rotatable bonds is 9. The number of ketones is 1. The van der Waals surface area contributed by atoms with Gasteiger partial charge in [-0.1, -0.05) is 30.3 Å². The van der Waals surface area contributed by atoms with Crippen molar-refractivity contribution >= 4 is 23.2 Å². The van der Waals surface area contributed by atoms with E-state index in [1.54, 1.807) is 49.8 Å². The largest absolute Gasteiger partial charge is 0.493 e. The average Bonchev–Trinajstić information content (AvgIpc) is 3.22. The topological polar surface area (TPSA) is 57.7 Å². The molecule has 0 unspecified atom stereocenters. The van der Waals surface area contributed by atoms with Crippen molar-refractivity contribution in [1.29, 1.82) is 0 Å².